The van der Waals surface area contributed by atoms with Gasteiger partial charge in [-0.3, -0.25) is 0 Å². The number of nitrogen functional groups attached to an aromatic ring is 2. The van der Waals surface area contributed by atoms with E-state index in [1.54, 1.807) is 12.1 Å². The molecule has 0 radical (unpaired) electrons. The third kappa shape index (κ3) is 3.31. The summed E-state index contributed by atoms with van der Waals surface area (Å²) in [5.41, 5.74) is 14.8. The fourth-order valence-corrected chi connectivity index (χ4v) is 1.70. The quantitative estimate of drug-likeness (QED) is 0.653. The Bertz CT molecular complexity index is 531. The molecule has 0 aliphatic heterocycles. The molecule has 4 N–H and O–H groups in total. The van der Waals surface area contributed by atoms with E-state index in [0.717, 1.165) is 22.6 Å². The number of hydrogen-bond donors (Lipinski definition) is 2. The molecule has 2 rings (SSSR count). The molecule has 0 saturated heterocycles. The molecule has 4 heteroatoms. The van der Waals surface area contributed by atoms with E-state index in [1.807, 2.05) is 38.1 Å². The fourth-order valence-electron chi connectivity index (χ4n) is 1.70. The third-order valence-electron chi connectivity index (χ3n) is 2.85. The Morgan fingerprint density at radius 3 is 1.63 bits per heavy atom. The Balaban J connectivity index is 2.00. The van der Waals surface area contributed by atoms with E-state index in [2.05, 4.69) is 0 Å². The number of aryl methyl sites for hydroxylation is 2. The van der Waals surface area contributed by atoms with Crippen molar-refractivity contribution in [1.82, 2.24) is 0 Å². The monoisotopic (exact) mass is 258 g/mol. The highest BCUT2D eigenvalue weighted by Crippen LogP contribution is 2.23. The molecule has 100 valence electrons. The summed E-state index contributed by atoms with van der Waals surface area (Å²) in [4.78, 5) is 0. The molecule has 0 aliphatic rings. The second-order valence-electron chi connectivity index (χ2n) is 4.46. The van der Waals surface area contributed by atoms with Crippen LogP contribution in [0.15, 0.2) is 36.4 Å². The van der Waals surface area contributed by atoms with Crippen LogP contribution in [-0.2, 0) is 0 Å². The van der Waals surface area contributed by atoms with Crippen molar-refractivity contribution < 1.29 is 9.47 Å². The van der Waals surface area contributed by atoms with Gasteiger partial charge in [0.25, 0.3) is 0 Å². The zero-order chi connectivity index (χ0) is 13.8. The van der Waals surface area contributed by atoms with Gasteiger partial charge in [0.05, 0.1) is 0 Å². The van der Waals surface area contributed by atoms with Crippen LogP contribution in [0.5, 0.6) is 11.5 Å². The molecule has 0 aliphatic carbocycles. The van der Waals surface area contributed by atoms with E-state index < -0.39 is 0 Å². The fraction of sp³-hybridized carbons (Fsp3) is 0.200. The Morgan fingerprint density at radius 1 is 0.789 bits per heavy atom. The van der Waals surface area contributed by atoms with Crippen LogP contribution in [0.4, 0.5) is 11.4 Å². The van der Waals surface area contributed by atoms with Gasteiger partial charge >= 0.3 is 0 Å². The van der Waals surface area contributed by atoms with Crippen molar-refractivity contribution in [2.45, 2.75) is 13.8 Å². The lowest BCUT2D eigenvalue weighted by Crippen LogP contribution is -2.08. The number of rotatable bonds is 4. The summed E-state index contributed by atoms with van der Waals surface area (Å²) in [6.45, 7) is 4.04. The van der Waals surface area contributed by atoms with E-state index in [9.17, 15) is 0 Å². The minimum Gasteiger partial charge on any atom is -0.457 e. The molecule has 0 saturated carbocycles. The van der Waals surface area contributed by atoms with Crippen molar-refractivity contribution >= 4 is 11.4 Å². The van der Waals surface area contributed by atoms with Crippen LogP contribution < -0.4 is 20.9 Å². The minimum atomic E-state index is 0.120. The third-order valence-corrected chi connectivity index (χ3v) is 2.85. The Hall–Kier alpha value is -2.36. The highest BCUT2D eigenvalue weighted by molar-refractivity contribution is 5.49. The first kappa shape index (κ1) is 13.1. The standard InChI is InChI=1S/C15H18N2O2/c1-10-3-5-12(16)7-14(10)18-9-19-15-8-13(17)6-4-11(15)2/h3-8H,9,16-17H2,1-2H3. The van der Waals surface area contributed by atoms with Crippen LogP contribution in [0.1, 0.15) is 11.1 Å². The average molecular weight is 258 g/mol. The first-order valence-electron chi connectivity index (χ1n) is 6.04. The van der Waals surface area contributed by atoms with Crippen LogP contribution >= 0.6 is 0 Å². The van der Waals surface area contributed by atoms with E-state index in [4.69, 9.17) is 20.9 Å². The van der Waals surface area contributed by atoms with Crippen LogP contribution in [0.2, 0.25) is 0 Å². The molecule has 19 heavy (non-hydrogen) atoms. The van der Waals surface area contributed by atoms with Crippen LogP contribution in [0, 0.1) is 13.8 Å². The summed E-state index contributed by atoms with van der Waals surface area (Å²) < 4.78 is 11.1. The second kappa shape index (κ2) is 5.52. The van der Waals surface area contributed by atoms with E-state index in [-0.39, 0.29) is 6.79 Å². The molecule has 0 spiro atoms. The lowest BCUT2D eigenvalue weighted by Gasteiger charge is -2.12. The van der Waals surface area contributed by atoms with Crippen molar-refractivity contribution in [2.24, 2.45) is 0 Å². The smallest absolute Gasteiger partial charge is 0.230 e. The first-order chi connectivity index (χ1) is 9.06. The lowest BCUT2D eigenvalue weighted by atomic mass is 10.2. The van der Waals surface area contributed by atoms with E-state index in [1.165, 1.54) is 0 Å². The molecular weight excluding hydrogens is 240 g/mol. The normalized spacial score (nSPS) is 10.2. The van der Waals surface area contributed by atoms with Gasteiger partial charge in [0, 0.05) is 23.5 Å². The summed E-state index contributed by atoms with van der Waals surface area (Å²) in [5.74, 6) is 1.45. The molecule has 0 heterocycles. The maximum absolute atomic E-state index is 5.72. The van der Waals surface area contributed by atoms with Crippen molar-refractivity contribution in [3.8, 4) is 11.5 Å². The van der Waals surface area contributed by atoms with Crippen molar-refractivity contribution in [2.75, 3.05) is 18.3 Å². The summed E-state index contributed by atoms with van der Waals surface area (Å²) in [7, 11) is 0. The molecule has 0 aromatic heterocycles. The zero-order valence-electron chi connectivity index (χ0n) is 11.1. The summed E-state index contributed by atoms with van der Waals surface area (Å²) in [5, 5.41) is 0. The molecule has 0 amide bonds. The molecule has 0 bridgehead atoms. The largest absolute Gasteiger partial charge is 0.457 e. The van der Waals surface area contributed by atoms with Crippen LogP contribution in [0.25, 0.3) is 0 Å². The Kier molecular flexibility index (Phi) is 3.80. The molecule has 2 aromatic carbocycles. The van der Waals surface area contributed by atoms with Gasteiger partial charge in [-0.15, -0.1) is 0 Å². The second-order valence-corrected chi connectivity index (χ2v) is 4.46. The molecule has 2 aromatic rings. The van der Waals surface area contributed by atoms with Crippen LogP contribution in [-0.4, -0.2) is 6.79 Å². The van der Waals surface area contributed by atoms with Gasteiger partial charge in [-0.1, -0.05) is 12.1 Å². The maximum atomic E-state index is 5.72. The zero-order valence-corrected chi connectivity index (χ0v) is 11.1. The first-order valence-corrected chi connectivity index (χ1v) is 6.04. The van der Waals surface area contributed by atoms with Gasteiger partial charge < -0.3 is 20.9 Å². The van der Waals surface area contributed by atoms with Gasteiger partial charge in [-0.2, -0.15) is 0 Å². The molecule has 0 unspecified atom stereocenters. The average Bonchev–Trinajstić information content (AvgIpc) is 2.38. The highest BCUT2D eigenvalue weighted by atomic mass is 16.7. The summed E-state index contributed by atoms with van der Waals surface area (Å²) in [6.07, 6.45) is 0. The molecule has 0 atom stereocenters. The molecular formula is C15H18N2O2. The Labute approximate surface area is 112 Å². The number of ether oxygens (including phenoxy) is 2. The Morgan fingerprint density at radius 2 is 1.21 bits per heavy atom. The SMILES string of the molecule is Cc1ccc(N)cc1OCOc1cc(N)ccc1C. The number of nitrogens with two attached hydrogens (primary N) is 2. The predicted molar refractivity (Wildman–Crippen MR) is 77.3 cm³/mol. The summed E-state index contributed by atoms with van der Waals surface area (Å²) in [6, 6.07) is 11.1. The van der Waals surface area contributed by atoms with Gasteiger partial charge in [0.1, 0.15) is 11.5 Å². The van der Waals surface area contributed by atoms with Crippen LogP contribution in [0.3, 0.4) is 0 Å². The van der Waals surface area contributed by atoms with E-state index >= 15 is 0 Å². The van der Waals surface area contributed by atoms with Gasteiger partial charge in [-0.25, -0.2) is 0 Å². The van der Waals surface area contributed by atoms with Gasteiger partial charge in [0.15, 0.2) is 0 Å². The minimum absolute atomic E-state index is 0.120. The number of benzene rings is 2. The lowest BCUT2D eigenvalue weighted by molar-refractivity contribution is 0.118. The topological polar surface area (TPSA) is 70.5 Å². The predicted octanol–water partition coefficient (Wildman–Crippen LogP) is 2.88. The van der Waals surface area contributed by atoms with Gasteiger partial charge in [-0.05, 0) is 37.1 Å². The molecule has 0 fully saturated rings. The highest BCUT2D eigenvalue weighted by Gasteiger charge is 2.03. The number of hydrogen-bond acceptors (Lipinski definition) is 4. The maximum Gasteiger partial charge on any atom is 0.230 e. The van der Waals surface area contributed by atoms with E-state index in [0.29, 0.717) is 11.4 Å². The summed E-state index contributed by atoms with van der Waals surface area (Å²) >= 11 is 0. The van der Waals surface area contributed by atoms with Crippen molar-refractivity contribution in [1.29, 1.82) is 0 Å². The number of anilines is 2. The van der Waals surface area contributed by atoms with Gasteiger partial charge in [0.2, 0.25) is 6.79 Å². The van der Waals surface area contributed by atoms with Crippen molar-refractivity contribution in [3.63, 3.8) is 0 Å². The van der Waals surface area contributed by atoms with Crippen molar-refractivity contribution in [3.05, 3.63) is 47.5 Å². The molecule has 4 nitrogen and oxygen atoms in total.